The molecule has 1 N–H and O–H groups in total. The molecular formula is C23H27N3O3S. The summed E-state index contributed by atoms with van der Waals surface area (Å²) in [6, 6.07) is 11.5. The van der Waals surface area contributed by atoms with Crippen LogP contribution >= 0.6 is 11.3 Å². The molecule has 1 aromatic carbocycles. The van der Waals surface area contributed by atoms with E-state index in [-0.39, 0.29) is 30.2 Å². The van der Waals surface area contributed by atoms with Gasteiger partial charge in [0.05, 0.1) is 12.0 Å². The van der Waals surface area contributed by atoms with Gasteiger partial charge in [-0.15, -0.1) is 11.3 Å². The number of likely N-dealkylation sites (tertiary alicyclic amines) is 1. The van der Waals surface area contributed by atoms with Gasteiger partial charge in [-0.2, -0.15) is 0 Å². The fraction of sp³-hybridized carbons (Fsp3) is 0.435. The minimum atomic E-state index is -0.425. The number of carbonyl (C=O) groups excluding carboxylic acids is 3. The molecule has 7 heteroatoms. The number of hydrogen-bond acceptors (Lipinski definition) is 4. The molecule has 6 nitrogen and oxygen atoms in total. The number of carbonyl (C=O) groups is 3. The van der Waals surface area contributed by atoms with Crippen LogP contribution in [0.1, 0.15) is 42.2 Å². The molecule has 2 fully saturated rings. The number of nitrogens with one attached hydrogen (secondary N) is 1. The van der Waals surface area contributed by atoms with Crippen molar-refractivity contribution in [3.63, 3.8) is 0 Å². The van der Waals surface area contributed by atoms with Gasteiger partial charge in [0.1, 0.15) is 0 Å². The highest BCUT2D eigenvalue weighted by Gasteiger charge is 2.45. The monoisotopic (exact) mass is 425 g/mol. The van der Waals surface area contributed by atoms with Crippen molar-refractivity contribution in [1.82, 2.24) is 10.2 Å². The Kier molecular flexibility index (Phi) is 6.18. The van der Waals surface area contributed by atoms with Crippen LogP contribution in [0.25, 0.3) is 0 Å². The maximum absolute atomic E-state index is 13.0. The predicted molar refractivity (Wildman–Crippen MR) is 117 cm³/mol. The fourth-order valence-corrected chi connectivity index (χ4v) is 5.20. The highest BCUT2D eigenvalue weighted by atomic mass is 32.1. The number of aryl methyl sites for hydroxylation is 1. The van der Waals surface area contributed by atoms with Crippen LogP contribution in [0.2, 0.25) is 0 Å². The molecule has 2 saturated heterocycles. The molecule has 0 bridgehead atoms. The van der Waals surface area contributed by atoms with E-state index >= 15 is 0 Å². The van der Waals surface area contributed by atoms with Crippen LogP contribution in [0.5, 0.6) is 0 Å². The Balaban J connectivity index is 1.44. The zero-order valence-corrected chi connectivity index (χ0v) is 18.0. The first kappa shape index (κ1) is 20.6. The van der Waals surface area contributed by atoms with Crippen LogP contribution in [0.4, 0.5) is 5.69 Å². The Bertz CT molecular complexity index is 910. The molecule has 0 aliphatic carbocycles. The minimum Gasteiger partial charge on any atom is -0.356 e. The average Bonchev–Trinajstić information content (AvgIpc) is 3.46. The first-order valence-electron chi connectivity index (χ1n) is 10.5. The summed E-state index contributed by atoms with van der Waals surface area (Å²) in [4.78, 5) is 42.3. The van der Waals surface area contributed by atoms with Crippen LogP contribution < -0.4 is 10.2 Å². The Labute approximate surface area is 180 Å². The summed E-state index contributed by atoms with van der Waals surface area (Å²) < 4.78 is 0. The molecule has 30 heavy (non-hydrogen) atoms. The Morgan fingerprint density at radius 2 is 1.97 bits per heavy atom. The topological polar surface area (TPSA) is 69.7 Å². The molecule has 1 aromatic heterocycles. The standard InChI is InChI=1S/C23H27N3O3S/c1-16-7-9-17(10-8-16)26-21(28)15-18(22(26)19-5-3-14-30-19)23(29)24-11-4-13-25-12-2-6-20(25)27/h3,5,7-10,14,18,22H,2,4,6,11-13,15H2,1H3,(H,24,29)/t18-,22+/m0/s1. The van der Waals surface area contributed by atoms with Crippen molar-refractivity contribution in [3.8, 4) is 0 Å². The highest BCUT2D eigenvalue weighted by molar-refractivity contribution is 7.10. The number of thiophene rings is 1. The van der Waals surface area contributed by atoms with Crippen molar-refractivity contribution in [3.05, 3.63) is 52.2 Å². The summed E-state index contributed by atoms with van der Waals surface area (Å²) in [6.07, 6.45) is 2.48. The molecule has 4 rings (SSSR count). The largest absolute Gasteiger partial charge is 0.356 e. The third-order valence-corrected chi connectivity index (χ3v) is 6.82. The van der Waals surface area contributed by atoms with Gasteiger partial charge in [-0.1, -0.05) is 23.8 Å². The Morgan fingerprint density at radius 1 is 1.17 bits per heavy atom. The maximum Gasteiger partial charge on any atom is 0.228 e. The van der Waals surface area contributed by atoms with Crippen molar-refractivity contribution in [2.75, 3.05) is 24.5 Å². The van der Waals surface area contributed by atoms with Gasteiger partial charge in [0.15, 0.2) is 0 Å². The zero-order chi connectivity index (χ0) is 21.1. The number of nitrogens with zero attached hydrogens (tertiary/aromatic N) is 2. The highest BCUT2D eigenvalue weighted by Crippen LogP contribution is 2.43. The molecule has 2 aliphatic heterocycles. The van der Waals surface area contributed by atoms with Gasteiger partial charge in [0.25, 0.3) is 0 Å². The second kappa shape index (κ2) is 9.00. The lowest BCUT2D eigenvalue weighted by Gasteiger charge is -2.27. The first-order valence-corrected chi connectivity index (χ1v) is 11.4. The number of benzene rings is 1. The van der Waals surface area contributed by atoms with Crippen molar-refractivity contribution in [2.24, 2.45) is 5.92 Å². The fourth-order valence-electron chi connectivity index (χ4n) is 4.32. The van der Waals surface area contributed by atoms with Crippen molar-refractivity contribution in [2.45, 2.75) is 38.6 Å². The van der Waals surface area contributed by atoms with Gasteiger partial charge in [0.2, 0.25) is 17.7 Å². The summed E-state index contributed by atoms with van der Waals surface area (Å²) in [7, 11) is 0. The lowest BCUT2D eigenvalue weighted by atomic mass is 9.97. The van der Waals surface area contributed by atoms with Gasteiger partial charge in [-0.05, 0) is 43.3 Å². The Morgan fingerprint density at radius 3 is 2.63 bits per heavy atom. The van der Waals surface area contributed by atoms with Gasteiger partial charge in [0, 0.05) is 43.0 Å². The molecule has 0 spiro atoms. The molecule has 2 aromatic rings. The van der Waals surface area contributed by atoms with Gasteiger partial charge < -0.3 is 15.1 Å². The third kappa shape index (κ3) is 4.26. The van der Waals surface area contributed by atoms with Gasteiger partial charge in [-0.25, -0.2) is 0 Å². The van der Waals surface area contributed by atoms with E-state index in [1.54, 1.807) is 16.2 Å². The zero-order valence-electron chi connectivity index (χ0n) is 17.2. The molecule has 3 heterocycles. The SMILES string of the molecule is Cc1ccc(N2C(=O)C[C@H](C(=O)NCCCN3CCCC3=O)[C@@H]2c2cccs2)cc1. The number of hydrogen-bond donors (Lipinski definition) is 1. The summed E-state index contributed by atoms with van der Waals surface area (Å²) in [5.41, 5.74) is 1.95. The quantitative estimate of drug-likeness (QED) is 0.692. The van der Waals surface area contributed by atoms with E-state index in [0.717, 1.165) is 35.5 Å². The summed E-state index contributed by atoms with van der Waals surface area (Å²) in [6.45, 7) is 4.01. The molecule has 0 unspecified atom stereocenters. The summed E-state index contributed by atoms with van der Waals surface area (Å²) in [5, 5.41) is 4.99. The van der Waals surface area contributed by atoms with Crippen molar-refractivity contribution in [1.29, 1.82) is 0 Å². The molecule has 158 valence electrons. The second-order valence-corrected chi connectivity index (χ2v) is 8.98. The lowest BCUT2D eigenvalue weighted by Crippen LogP contribution is -2.37. The summed E-state index contributed by atoms with van der Waals surface area (Å²) in [5.74, 6) is -0.343. The van der Waals surface area contributed by atoms with E-state index < -0.39 is 5.92 Å². The van der Waals surface area contributed by atoms with Gasteiger partial charge >= 0.3 is 0 Å². The van der Waals surface area contributed by atoms with Crippen molar-refractivity contribution < 1.29 is 14.4 Å². The number of anilines is 1. The lowest BCUT2D eigenvalue weighted by molar-refractivity contribution is -0.127. The molecule has 2 aliphatic rings. The minimum absolute atomic E-state index is 0.0277. The van der Waals surface area contributed by atoms with E-state index in [0.29, 0.717) is 19.5 Å². The number of rotatable bonds is 7. The van der Waals surface area contributed by atoms with Crippen LogP contribution in [0.15, 0.2) is 41.8 Å². The van der Waals surface area contributed by atoms with E-state index in [4.69, 9.17) is 0 Å². The second-order valence-electron chi connectivity index (χ2n) is 8.00. The third-order valence-electron chi connectivity index (χ3n) is 5.88. The number of amides is 3. The molecule has 0 radical (unpaired) electrons. The molecule has 0 saturated carbocycles. The molecular weight excluding hydrogens is 398 g/mol. The van der Waals surface area contributed by atoms with E-state index in [9.17, 15) is 14.4 Å². The van der Waals surface area contributed by atoms with E-state index in [1.807, 2.05) is 53.6 Å². The predicted octanol–water partition coefficient (Wildman–Crippen LogP) is 3.28. The molecule has 3 amide bonds. The average molecular weight is 426 g/mol. The maximum atomic E-state index is 13.0. The first-order chi connectivity index (χ1) is 14.5. The van der Waals surface area contributed by atoms with Crippen LogP contribution in [-0.4, -0.2) is 42.3 Å². The summed E-state index contributed by atoms with van der Waals surface area (Å²) >= 11 is 1.57. The van der Waals surface area contributed by atoms with E-state index in [2.05, 4.69) is 5.32 Å². The van der Waals surface area contributed by atoms with Crippen LogP contribution in [0.3, 0.4) is 0 Å². The smallest absolute Gasteiger partial charge is 0.228 e. The molecule has 2 atom stereocenters. The van der Waals surface area contributed by atoms with Crippen LogP contribution in [-0.2, 0) is 14.4 Å². The van der Waals surface area contributed by atoms with Crippen molar-refractivity contribution >= 4 is 34.7 Å². The van der Waals surface area contributed by atoms with Gasteiger partial charge in [-0.3, -0.25) is 14.4 Å². The van der Waals surface area contributed by atoms with Crippen LogP contribution in [0, 0.1) is 12.8 Å². The Hall–Kier alpha value is -2.67. The normalized spacial score (nSPS) is 21.5. The van der Waals surface area contributed by atoms with E-state index in [1.165, 1.54) is 0 Å².